The van der Waals surface area contributed by atoms with Crippen molar-refractivity contribution in [3.63, 3.8) is 0 Å². The summed E-state index contributed by atoms with van der Waals surface area (Å²) in [5.41, 5.74) is 2.17. The van der Waals surface area contributed by atoms with Gasteiger partial charge in [0, 0.05) is 50.8 Å². The minimum Gasteiger partial charge on any atom is -0.383 e. The molecule has 0 saturated carbocycles. The predicted molar refractivity (Wildman–Crippen MR) is 78.6 cm³/mol. The summed E-state index contributed by atoms with van der Waals surface area (Å²) in [5.74, 6) is 0.507. The van der Waals surface area contributed by atoms with Gasteiger partial charge in [0.05, 0.1) is 0 Å². The Morgan fingerprint density at radius 1 is 1.50 bits per heavy atom. The fraction of sp³-hybridized carbons (Fsp3) is 0.600. The lowest BCUT2D eigenvalue weighted by atomic mass is 9.98. The Morgan fingerprint density at radius 2 is 2.40 bits per heavy atom. The summed E-state index contributed by atoms with van der Waals surface area (Å²) < 4.78 is 5.38. The molecular weight excluding hydrogens is 254 g/mol. The molecule has 1 fully saturated rings. The monoisotopic (exact) mass is 277 g/mol. The third kappa shape index (κ3) is 4.81. The number of nitrogens with zero attached hydrogens (tertiary/aromatic N) is 1. The summed E-state index contributed by atoms with van der Waals surface area (Å²) in [4.78, 5) is 15.8. The first-order valence-corrected chi connectivity index (χ1v) is 7.24. The number of hydrogen-bond acceptors (Lipinski definition) is 4. The Bertz CT molecular complexity index is 431. The Kier molecular flexibility index (Phi) is 5.80. The van der Waals surface area contributed by atoms with E-state index in [1.54, 1.807) is 6.20 Å². The van der Waals surface area contributed by atoms with Gasteiger partial charge in [0.1, 0.15) is 0 Å². The molecule has 1 saturated heterocycles. The first-order chi connectivity index (χ1) is 9.75. The molecule has 1 aliphatic rings. The molecule has 1 aromatic rings. The lowest BCUT2D eigenvalue weighted by Crippen LogP contribution is -2.32. The third-order valence-electron chi connectivity index (χ3n) is 3.51. The van der Waals surface area contributed by atoms with Gasteiger partial charge in [-0.15, -0.1) is 0 Å². The molecule has 5 nitrogen and oxygen atoms in total. The molecule has 5 heteroatoms. The van der Waals surface area contributed by atoms with Crippen molar-refractivity contribution < 1.29 is 9.53 Å². The van der Waals surface area contributed by atoms with Crippen molar-refractivity contribution in [2.24, 2.45) is 5.92 Å². The van der Waals surface area contributed by atoms with Crippen LogP contribution in [0.2, 0.25) is 0 Å². The van der Waals surface area contributed by atoms with E-state index in [2.05, 4.69) is 15.6 Å². The number of aromatic nitrogens is 1. The SMILES string of the molecule is Cc1cnccc1NCCNC(=O)CC1CCCOC1. The zero-order valence-corrected chi connectivity index (χ0v) is 12.0. The summed E-state index contributed by atoms with van der Waals surface area (Å²) in [7, 11) is 0. The average Bonchev–Trinajstić information content (AvgIpc) is 2.46. The second kappa shape index (κ2) is 7.85. The summed E-state index contributed by atoms with van der Waals surface area (Å²) >= 11 is 0. The number of nitrogens with one attached hydrogen (secondary N) is 2. The molecule has 1 aromatic heterocycles. The molecule has 1 aliphatic heterocycles. The molecule has 1 amide bonds. The van der Waals surface area contributed by atoms with Crippen LogP contribution in [0.25, 0.3) is 0 Å². The second-order valence-electron chi connectivity index (χ2n) is 5.25. The van der Waals surface area contributed by atoms with E-state index in [-0.39, 0.29) is 5.91 Å². The highest BCUT2D eigenvalue weighted by molar-refractivity contribution is 5.76. The Morgan fingerprint density at radius 3 is 3.15 bits per heavy atom. The smallest absolute Gasteiger partial charge is 0.220 e. The van der Waals surface area contributed by atoms with Crippen LogP contribution >= 0.6 is 0 Å². The molecule has 20 heavy (non-hydrogen) atoms. The van der Waals surface area contributed by atoms with Gasteiger partial charge in [-0.05, 0) is 37.3 Å². The van der Waals surface area contributed by atoms with Gasteiger partial charge < -0.3 is 15.4 Å². The Balaban J connectivity index is 1.60. The molecule has 1 unspecified atom stereocenters. The maximum Gasteiger partial charge on any atom is 0.220 e. The lowest BCUT2D eigenvalue weighted by Gasteiger charge is -2.21. The van der Waals surface area contributed by atoms with Crippen molar-refractivity contribution >= 4 is 11.6 Å². The molecule has 0 radical (unpaired) electrons. The van der Waals surface area contributed by atoms with Gasteiger partial charge in [-0.3, -0.25) is 9.78 Å². The van der Waals surface area contributed by atoms with E-state index >= 15 is 0 Å². The number of carbonyl (C=O) groups is 1. The van der Waals surface area contributed by atoms with Crippen LogP contribution in [0.1, 0.15) is 24.8 Å². The second-order valence-corrected chi connectivity index (χ2v) is 5.25. The topological polar surface area (TPSA) is 63.2 Å². The summed E-state index contributed by atoms with van der Waals surface area (Å²) in [6, 6.07) is 1.94. The van der Waals surface area contributed by atoms with E-state index in [1.807, 2.05) is 19.2 Å². The van der Waals surface area contributed by atoms with Crippen LogP contribution in [0.5, 0.6) is 0 Å². The van der Waals surface area contributed by atoms with Crippen molar-refractivity contribution in [1.29, 1.82) is 0 Å². The van der Waals surface area contributed by atoms with Crippen LogP contribution in [-0.4, -0.2) is 37.2 Å². The van der Waals surface area contributed by atoms with Crippen LogP contribution in [-0.2, 0) is 9.53 Å². The maximum atomic E-state index is 11.8. The highest BCUT2D eigenvalue weighted by Gasteiger charge is 2.17. The first kappa shape index (κ1) is 14.8. The van der Waals surface area contributed by atoms with E-state index in [0.29, 0.717) is 18.9 Å². The summed E-state index contributed by atoms with van der Waals surface area (Å²) in [6.07, 6.45) is 6.33. The zero-order valence-electron chi connectivity index (χ0n) is 12.0. The van der Waals surface area contributed by atoms with Crippen molar-refractivity contribution in [3.05, 3.63) is 24.0 Å². The molecule has 2 heterocycles. The molecule has 0 bridgehead atoms. The Hall–Kier alpha value is -1.62. The molecule has 2 N–H and O–H groups in total. The van der Waals surface area contributed by atoms with Crippen LogP contribution in [0.4, 0.5) is 5.69 Å². The van der Waals surface area contributed by atoms with Gasteiger partial charge in [-0.1, -0.05) is 0 Å². The largest absolute Gasteiger partial charge is 0.383 e. The highest BCUT2D eigenvalue weighted by Crippen LogP contribution is 2.16. The number of ether oxygens (including phenoxy) is 1. The average molecular weight is 277 g/mol. The van der Waals surface area contributed by atoms with Gasteiger partial charge in [0.2, 0.25) is 5.91 Å². The van der Waals surface area contributed by atoms with Crippen LogP contribution in [0, 0.1) is 12.8 Å². The van der Waals surface area contributed by atoms with E-state index in [4.69, 9.17) is 4.74 Å². The first-order valence-electron chi connectivity index (χ1n) is 7.24. The molecule has 110 valence electrons. The number of rotatable bonds is 6. The molecule has 0 spiro atoms. The number of pyridine rings is 1. The van der Waals surface area contributed by atoms with Gasteiger partial charge in [0.25, 0.3) is 0 Å². The number of hydrogen-bond donors (Lipinski definition) is 2. The number of amides is 1. The van der Waals surface area contributed by atoms with Crippen molar-refractivity contribution in [3.8, 4) is 0 Å². The molecular formula is C15H23N3O2. The van der Waals surface area contributed by atoms with E-state index in [0.717, 1.165) is 43.9 Å². The minimum absolute atomic E-state index is 0.119. The standard InChI is InChI=1S/C15H23N3O2/c1-12-10-16-5-4-14(12)17-6-7-18-15(19)9-13-3-2-8-20-11-13/h4-5,10,13H,2-3,6-9,11H2,1H3,(H,16,17)(H,18,19). The normalized spacial score (nSPS) is 18.6. The van der Waals surface area contributed by atoms with Gasteiger partial charge >= 0.3 is 0 Å². The van der Waals surface area contributed by atoms with Crippen LogP contribution in [0.15, 0.2) is 18.5 Å². The quantitative estimate of drug-likeness (QED) is 0.777. The van der Waals surface area contributed by atoms with Gasteiger partial charge in [0.15, 0.2) is 0 Å². The summed E-state index contributed by atoms with van der Waals surface area (Å²) in [5, 5.41) is 6.24. The maximum absolute atomic E-state index is 11.8. The summed E-state index contributed by atoms with van der Waals surface area (Å²) in [6.45, 7) is 4.93. The fourth-order valence-electron chi connectivity index (χ4n) is 2.37. The fourth-order valence-corrected chi connectivity index (χ4v) is 2.37. The molecule has 2 rings (SSSR count). The van der Waals surface area contributed by atoms with Gasteiger partial charge in [-0.2, -0.15) is 0 Å². The number of carbonyl (C=O) groups excluding carboxylic acids is 1. The van der Waals surface area contributed by atoms with Crippen molar-refractivity contribution in [1.82, 2.24) is 10.3 Å². The van der Waals surface area contributed by atoms with E-state index < -0.39 is 0 Å². The number of anilines is 1. The zero-order chi connectivity index (χ0) is 14.2. The van der Waals surface area contributed by atoms with Gasteiger partial charge in [-0.25, -0.2) is 0 Å². The number of aryl methyl sites for hydroxylation is 1. The molecule has 0 aromatic carbocycles. The van der Waals surface area contributed by atoms with Crippen LogP contribution in [0.3, 0.4) is 0 Å². The van der Waals surface area contributed by atoms with E-state index in [9.17, 15) is 4.79 Å². The minimum atomic E-state index is 0.119. The lowest BCUT2D eigenvalue weighted by molar-refractivity contribution is -0.123. The molecule has 1 atom stereocenters. The third-order valence-corrected chi connectivity index (χ3v) is 3.51. The van der Waals surface area contributed by atoms with E-state index in [1.165, 1.54) is 0 Å². The molecule has 0 aliphatic carbocycles. The Labute approximate surface area is 120 Å². The highest BCUT2D eigenvalue weighted by atomic mass is 16.5. The van der Waals surface area contributed by atoms with Crippen molar-refractivity contribution in [2.75, 3.05) is 31.6 Å². The van der Waals surface area contributed by atoms with Crippen molar-refractivity contribution in [2.45, 2.75) is 26.2 Å². The van der Waals surface area contributed by atoms with Crippen LogP contribution < -0.4 is 10.6 Å². The predicted octanol–water partition coefficient (Wildman–Crippen LogP) is 1.73.